The first-order chi connectivity index (χ1) is 8.21. The van der Waals surface area contributed by atoms with Crippen LogP contribution in [0.2, 0.25) is 0 Å². The minimum Gasteiger partial charge on any atom is -0.507 e. The number of benzene rings is 1. The summed E-state index contributed by atoms with van der Waals surface area (Å²) in [6, 6.07) is 6.98. The third kappa shape index (κ3) is 3.45. The van der Waals surface area contributed by atoms with Crippen LogP contribution in [0, 0.1) is 0 Å². The molecule has 0 unspecified atom stereocenters. The van der Waals surface area contributed by atoms with Gasteiger partial charge in [-0.2, -0.15) is 0 Å². The topological polar surface area (TPSA) is 74.6 Å². The van der Waals surface area contributed by atoms with E-state index in [4.69, 9.17) is 5.11 Å². The molecular weight excluding hydrogens is 232 g/mol. The third-order valence-electron chi connectivity index (χ3n) is 2.53. The first-order valence-corrected chi connectivity index (χ1v) is 5.50. The molecule has 0 heterocycles. The fraction of sp³-hybridized carbons (Fsp3) is 0.286. The zero-order chi connectivity index (χ0) is 13.9. The highest BCUT2D eigenvalue weighted by Gasteiger charge is 2.14. The predicted octanol–water partition coefficient (Wildman–Crippen LogP) is 2.54. The largest absolute Gasteiger partial charge is 0.507 e. The number of aliphatic hydroxyl groups excluding tert-OH is 1. The number of carbonyl (C=O) groups is 2. The predicted molar refractivity (Wildman–Crippen MR) is 68.4 cm³/mol. The minimum absolute atomic E-state index is 0.00521. The number of rotatable bonds is 3. The molecule has 0 aliphatic carbocycles. The standard InChI is InChI=1S/C14H16O4/c1-14(2,3)10-6-4-9(5-7-10)11(15)8-12(16)13(17)18/h4-8,15H,1-3H3,(H,17,18)/b11-8-. The fourth-order valence-electron chi connectivity index (χ4n) is 1.41. The molecule has 0 saturated carbocycles. The van der Waals surface area contributed by atoms with Crippen molar-refractivity contribution in [1.29, 1.82) is 0 Å². The van der Waals surface area contributed by atoms with E-state index in [9.17, 15) is 14.7 Å². The zero-order valence-corrected chi connectivity index (χ0v) is 10.6. The molecule has 0 saturated heterocycles. The van der Waals surface area contributed by atoms with Crippen LogP contribution in [0.4, 0.5) is 0 Å². The molecule has 1 aromatic rings. The summed E-state index contributed by atoms with van der Waals surface area (Å²) >= 11 is 0. The summed E-state index contributed by atoms with van der Waals surface area (Å²) in [5.74, 6) is -3.08. The molecule has 0 aliphatic heterocycles. The second-order valence-electron chi connectivity index (χ2n) is 5.03. The van der Waals surface area contributed by atoms with Gasteiger partial charge in [0.15, 0.2) is 0 Å². The Kier molecular flexibility index (Phi) is 3.91. The van der Waals surface area contributed by atoms with E-state index in [1.165, 1.54) is 0 Å². The molecule has 1 aromatic carbocycles. The Hall–Kier alpha value is -2.10. The van der Waals surface area contributed by atoms with Crippen molar-refractivity contribution in [1.82, 2.24) is 0 Å². The van der Waals surface area contributed by atoms with Crippen molar-refractivity contribution in [3.05, 3.63) is 41.5 Å². The fourth-order valence-corrected chi connectivity index (χ4v) is 1.41. The number of carboxylic acids is 1. The highest BCUT2D eigenvalue weighted by molar-refractivity contribution is 6.38. The molecule has 2 N–H and O–H groups in total. The van der Waals surface area contributed by atoms with E-state index < -0.39 is 11.8 Å². The monoisotopic (exact) mass is 248 g/mol. The lowest BCUT2D eigenvalue weighted by molar-refractivity contribution is -0.146. The Morgan fingerprint density at radius 3 is 1.94 bits per heavy atom. The van der Waals surface area contributed by atoms with Crippen LogP contribution < -0.4 is 0 Å². The summed E-state index contributed by atoms with van der Waals surface area (Å²) in [6.45, 7) is 6.18. The van der Waals surface area contributed by atoms with Crippen LogP contribution in [0.25, 0.3) is 5.76 Å². The molecule has 0 amide bonds. The second kappa shape index (κ2) is 5.04. The van der Waals surface area contributed by atoms with Gasteiger partial charge in [0.25, 0.3) is 5.78 Å². The number of aliphatic hydroxyl groups is 1. The second-order valence-corrected chi connectivity index (χ2v) is 5.03. The van der Waals surface area contributed by atoms with Crippen molar-refractivity contribution in [2.75, 3.05) is 0 Å². The number of carbonyl (C=O) groups excluding carboxylic acids is 1. The van der Waals surface area contributed by atoms with Crippen LogP contribution in [0.15, 0.2) is 30.3 Å². The Morgan fingerprint density at radius 2 is 1.56 bits per heavy atom. The first kappa shape index (κ1) is 14.0. The van der Waals surface area contributed by atoms with E-state index in [1.807, 2.05) is 12.1 Å². The number of hydrogen-bond donors (Lipinski definition) is 2. The first-order valence-electron chi connectivity index (χ1n) is 5.50. The quantitative estimate of drug-likeness (QED) is 0.489. The highest BCUT2D eigenvalue weighted by atomic mass is 16.4. The van der Waals surface area contributed by atoms with Gasteiger partial charge < -0.3 is 10.2 Å². The lowest BCUT2D eigenvalue weighted by Gasteiger charge is -2.19. The molecule has 0 radical (unpaired) electrons. The van der Waals surface area contributed by atoms with Gasteiger partial charge in [0, 0.05) is 11.6 Å². The van der Waals surface area contributed by atoms with Crippen LogP contribution in [0.1, 0.15) is 31.9 Å². The molecule has 1 rings (SSSR count). The molecule has 0 atom stereocenters. The van der Waals surface area contributed by atoms with Crippen LogP contribution >= 0.6 is 0 Å². The van der Waals surface area contributed by atoms with Crippen molar-refractivity contribution >= 4 is 17.5 Å². The van der Waals surface area contributed by atoms with Gasteiger partial charge in [-0.05, 0) is 11.0 Å². The van der Waals surface area contributed by atoms with E-state index in [-0.39, 0.29) is 11.2 Å². The molecule has 0 spiro atoms. The smallest absolute Gasteiger partial charge is 0.376 e. The van der Waals surface area contributed by atoms with Crippen molar-refractivity contribution < 1.29 is 19.8 Å². The molecule has 0 fully saturated rings. The van der Waals surface area contributed by atoms with Crippen molar-refractivity contribution in [2.45, 2.75) is 26.2 Å². The maximum Gasteiger partial charge on any atom is 0.376 e. The van der Waals surface area contributed by atoms with Gasteiger partial charge in [0.1, 0.15) is 5.76 Å². The molecule has 4 nitrogen and oxygen atoms in total. The van der Waals surface area contributed by atoms with Crippen LogP contribution in [-0.4, -0.2) is 22.0 Å². The lowest BCUT2D eigenvalue weighted by atomic mass is 9.86. The van der Waals surface area contributed by atoms with Crippen LogP contribution in [-0.2, 0) is 15.0 Å². The van der Waals surface area contributed by atoms with Gasteiger partial charge in [0.05, 0.1) is 0 Å². The van der Waals surface area contributed by atoms with Crippen molar-refractivity contribution in [3.8, 4) is 0 Å². The normalized spacial score (nSPS) is 12.3. The molecule has 0 bridgehead atoms. The Balaban J connectivity index is 2.99. The van der Waals surface area contributed by atoms with Crippen LogP contribution in [0.3, 0.4) is 0 Å². The van der Waals surface area contributed by atoms with E-state index >= 15 is 0 Å². The average Bonchev–Trinajstić information content (AvgIpc) is 2.27. The molecule has 0 aliphatic rings. The third-order valence-corrected chi connectivity index (χ3v) is 2.53. The summed E-state index contributed by atoms with van der Waals surface area (Å²) in [5.41, 5.74) is 1.50. The molecule has 96 valence electrons. The Labute approximate surface area is 106 Å². The van der Waals surface area contributed by atoms with Crippen molar-refractivity contribution in [3.63, 3.8) is 0 Å². The Morgan fingerprint density at radius 1 is 1.06 bits per heavy atom. The number of ketones is 1. The van der Waals surface area contributed by atoms with Gasteiger partial charge in [0.2, 0.25) is 0 Å². The summed E-state index contributed by atoms with van der Waals surface area (Å²) < 4.78 is 0. The maximum atomic E-state index is 10.9. The Bertz CT molecular complexity index is 490. The van der Waals surface area contributed by atoms with Gasteiger partial charge in [-0.1, -0.05) is 45.0 Å². The summed E-state index contributed by atoms with van der Waals surface area (Å²) in [4.78, 5) is 21.3. The SMILES string of the molecule is CC(C)(C)c1ccc(/C(O)=C/C(=O)C(=O)O)cc1. The average molecular weight is 248 g/mol. The number of hydrogen-bond acceptors (Lipinski definition) is 3. The lowest BCUT2D eigenvalue weighted by Crippen LogP contribution is -2.11. The van der Waals surface area contributed by atoms with E-state index in [0.717, 1.165) is 5.56 Å². The van der Waals surface area contributed by atoms with Crippen LogP contribution in [0.5, 0.6) is 0 Å². The number of aliphatic carboxylic acids is 1. The minimum atomic E-state index is -1.59. The van der Waals surface area contributed by atoms with E-state index in [0.29, 0.717) is 11.6 Å². The van der Waals surface area contributed by atoms with Gasteiger partial charge in [-0.15, -0.1) is 0 Å². The summed E-state index contributed by atoms with van der Waals surface area (Å²) in [7, 11) is 0. The summed E-state index contributed by atoms with van der Waals surface area (Å²) in [5, 5.41) is 18.0. The maximum absolute atomic E-state index is 10.9. The van der Waals surface area contributed by atoms with E-state index in [2.05, 4.69) is 20.8 Å². The van der Waals surface area contributed by atoms with Gasteiger partial charge >= 0.3 is 5.97 Å². The zero-order valence-electron chi connectivity index (χ0n) is 10.6. The molecular formula is C14H16O4. The molecule has 18 heavy (non-hydrogen) atoms. The number of carboxylic acid groups (broad SMARTS) is 1. The molecule has 4 heteroatoms. The van der Waals surface area contributed by atoms with E-state index in [1.54, 1.807) is 12.1 Å². The highest BCUT2D eigenvalue weighted by Crippen LogP contribution is 2.23. The van der Waals surface area contributed by atoms with Gasteiger partial charge in [-0.3, -0.25) is 4.79 Å². The van der Waals surface area contributed by atoms with Crippen molar-refractivity contribution in [2.24, 2.45) is 0 Å². The summed E-state index contributed by atoms with van der Waals surface area (Å²) in [6.07, 6.45) is 0.703. The molecule has 0 aromatic heterocycles. The van der Waals surface area contributed by atoms with Gasteiger partial charge in [-0.25, -0.2) is 4.79 Å².